The molecule has 0 saturated heterocycles. The maximum absolute atomic E-state index is 13.5. The van der Waals surface area contributed by atoms with E-state index >= 15 is 0 Å². The predicted molar refractivity (Wildman–Crippen MR) is 92.7 cm³/mol. The quantitative estimate of drug-likeness (QED) is 0.750. The number of anilines is 1. The zero-order valence-corrected chi connectivity index (χ0v) is 15.7. The van der Waals surface area contributed by atoms with Crippen LogP contribution in [0.5, 0.6) is 0 Å². The van der Waals surface area contributed by atoms with Crippen molar-refractivity contribution in [1.82, 2.24) is 5.32 Å². The van der Waals surface area contributed by atoms with Crippen LogP contribution in [-0.4, -0.2) is 33.0 Å². The van der Waals surface area contributed by atoms with E-state index in [1.807, 2.05) is 0 Å². The van der Waals surface area contributed by atoms with E-state index in [1.165, 1.54) is 26.1 Å². The van der Waals surface area contributed by atoms with Gasteiger partial charge in [0.15, 0.2) is 0 Å². The number of nitrogens with one attached hydrogen (secondary N) is 2. The van der Waals surface area contributed by atoms with Gasteiger partial charge in [0.2, 0.25) is 10.0 Å². The van der Waals surface area contributed by atoms with Crippen LogP contribution in [-0.2, 0) is 10.0 Å². The number of carbonyl (C=O) groups excluding carboxylic acids is 1. The molecule has 1 saturated carbocycles. The third-order valence-corrected chi connectivity index (χ3v) is 5.99. The van der Waals surface area contributed by atoms with E-state index in [-0.39, 0.29) is 34.8 Å². The van der Waals surface area contributed by atoms with Crippen molar-refractivity contribution in [3.63, 3.8) is 0 Å². The Morgan fingerprint density at radius 3 is 2.60 bits per heavy atom. The Bertz CT molecular complexity index is 972. The maximum atomic E-state index is 13.5. The van der Waals surface area contributed by atoms with Gasteiger partial charge < -0.3 is 9.73 Å². The molecule has 1 fully saturated rings. The van der Waals surface area contributed by atoms with E-state index in [4.69, 9.17) is 4.42 Å². The summed E-state index contributed by atoms with van der Waals surface area (Å²) >= 11 is 3.24. The molecule has 0 bridgehead atoms. The Morgan fingerprint density at radius 2 is 2.08 bits per heavy atom. The normalized spacial score (nSPS) is 19.0. The van der Waals surface area contributed by atoms with Gasteiger partial charge in [-0.1, -0.05) is 0 Å². The molecule has 0 spiro atoms. The van der Waals surface area contributed by atoms with Crippen molar-refractivity contribution in [3.8, 4) is 0 Å². The van der Waals surface area contributed by atoms with Gasteiger partial charge in [-0.25, -0.2) is 17.2 Å². The van der Waals surface area contributed by atoms with Crippen LogP contribution < -0.4 is 10.0 Å². The highest BCUT2D eigenvalue weighted by Gasteiger charge is 2.60. The van der Waals surface area contributed by atoms with Gasteiger partial charge in [-0.3, -0.25) is 9.52 Å². The van der Waals surface area contributed by atoms with E-state index in [2.05, 4.69) is 26.0 Å². The largest absolute Gasteiger partial charge is 0.460 e. The lowest BCUT2D eigenvalue weighted by Crippen LogP contribution is -2.19. The fourth-order valence-electron chi connectivity index (χ4n) is 2.56. The molecular formula is C15H15BrF2N2O4S. The summed E-state index contributed by atoms with van der Waals surface area (Å²) in [6, 6.07) is 2.87. The summed E-state index contributed by atoms with van der Waals surface area (Å²) in [4.78, 5) is 12.2. The molecule has 25 heavy (non-hydrogen) atoms. The molecule has 1 aliphatic carbocycles. The first-order valence-corrected chi connectivity index (χ1v) is 9.90. The molecule has 3 rings (SSSR count). The highest BCUT2D eigenvalue weighted by Crippen LogP contribution is 2.57. The molecule has 0 radical (unpaired) electrons. The molecule has 1 aromatic carbocycles. The van der Waals surface area contributed by atoms with Crippen molar-refractivity contribution in [2.75, 3.05) is 17.5 Å². The Kier molecular flexibility index (Phi) is 4.31. The van der Waals surface area contributed by atoms with Gasteiger partial charge in [0.05, 0.1) is 22.9 Å². The summed E-state index contributed by atoms with van der Waals surface area (Å²) in [5.74, 6) is -4.80. The number of amides is 1. The summed E-state index contributed by atoms with van der Waals surface area (Å²) in [6.45, 7) is 1.48. The molecule has 1 unspecified atom stereocenters. The van der Waals surface area contributed by atoms with Crippen molar-refractivity contribution in [1.29, 1.82) is 0 Å². The van der Waals surface area contributed by atoms with Crippen molar-refractivity contribution in [3.05, 3.63) is 27.9 Å². The third-order valence-electron chi connectivity index (χ3n) is 4.05. The van der Waals surface area contributed by atoms with E-state index < -0.39 is 27.8 Å². The van der Waals surface area contributed by atoms with Gasteiger partial charge in [-0.05, 0) is 28.9 Å². The van der Waals surface area contributed by atoms with Crippen LogP contribution in [0.1, 0.15) is 35.4 Å². The standard InChI is InChI=1S/C15H15BrF2N2O4S/c1-3-25(22,23)20-10-5-11-7(4-9(10)16)12(14(21)19-2)13(24-11)8-6-15(8,17)18/h4-5,8,20H,3,6H2,1-2H3,(H,19,21). The smallest absolute Gasteiger partial charge is 0.259 e. The van der Waals surface area contributed by atoms with Crippen LogP contribution in [0.25, 0.3) is 11.0 Å². The number of alkyl halides is 2. The van der Waals surface area contributed by atoms with Crippen molar-refractivity contribution in [2.45, 2.75) is 25.2 Å². The fraction of sp³-hybridized carbons (Fsp3) is 0.400. The van der Waals surface area contributed by atoms with Crippen molar-refractivity contribution >= 4 is 48.5 Å². The number of hydrogen-bond acceptors (Lipinski definition) is 4. The first kappa shape index (κ1) is 18.1. The van der Waals surface area contributed by atoms with Crippen molar-refractivity contribution in [2.24, 2.45) is 0 Å². The molecule has 0 aliphatic heterocycles. The average Bonchev–Trinajstić information content (AvgIpc) is 3.02. The molecule has 1 aromatic heterocycles. The van der Waals surface area contributed by atoms with Gasteiger partial charge in [0, 0.05) is 29.4 Å². The summed E-state index contributed by atoms with van der Waals surface area (Å²) < 4.78 is 58.8. The molecule has 136 valence electrons. The molecule has 1 heterocycles. The number of halogens is 3. The monoisotopic (exact) mass is 436 g/mol. The highest BCUT2D eigenvalue weighted by molar-refractivity contribution is 9.10. The number of sulfonamides is 1. The minimum atomic E-state index is -3.53. The minimum Gasteiger partial charge on any atom is -0.460 e. The van der Waals surface area contributed by atoms with Gasteiger partial charge in [-0.15, -0.1) is 0 Å². The lowest BCUT2D eigenvalue weighted by atomic mass is 10.1. The number of furan rings is 1. The number of hydrogen-bond donors (Lipinski definition) is 2. The van der Waals surface area contributed by atoms with Crippen LogP contribution in [0.3, 0.4) is 0 Å². The van der Waals surface area contributed by atoms with Gasteiger partial charge >= 0.3 is 0 Å². The lowest BCUT2D eigenvalue weighted by Gasteiger charge is -2.08. The number of benzene rings is 1. The first-order valence-electron chi connectivity index (χ1n) is 7.46. The number of carbonyl (C=O) groups is 1. The molecule has 6 nitrogen and oxygen atoms in total. The Hall–Kier alpha value is -1.68. The van der Waals surface area contributed by atoms with Gasteiger partial charge in [0.1, 0.15) is 11.3 Å². The Labute approximate surface area is 151 Å². The van der Waals surface area contributed by atoms with Crippen molar-refractivity contribution < 1.29 is 26.4 Å². The van der Waals surface area contributed by atoms with Crippen LogP contribution >= 0.6 is 15.9 Å². The van der Waals surface area contributed by atoms with Gasteiger partial charge in [0.25, 0.3) is 11.8 Å². The second kappa shape index (κ2) is 5.94. The maximum Gasteiger partial charge on any atom is 0.259 e. The number of fused-ring (bicyclic) bond motifs is 1. The number of rotatable bonds is 5. The average molecular weight is 437 g/mol. The summed E-state index contributed by atoms with van der Waals surface area (Å²) in [6.07, 6.45) is -0.382. The van der Waals surface area contributed by atoms with Crippen LogP contribution in [0, 0.1) is 0 Å². The molecule has 10 heteroatoms. The topological polar surface area (TPSA) is 88.4 Å². The van der Waals surface area contributed by atoms with E-state index in [9.17, 15) is 22.0 Å². The summed E-state index contributed by atoms with van der Waals surface area (Å²) in [5, 5.41) is 2.76. The first-order chi connectivity index (χ1) is 11.6. The predicted octanol–water partition coefficient (Wildman–Crippen LogP) is 3.44. The molecule has 2 aromatic rings. The van der Waals surface area contributed by atoms with E-state index in [0.29, 0.717) is 9.86 Å². The second-order valence-electron chi connectivity index (χ2n) is 5.77. The molecular weight excluding hydrogens is 422 g/mol. The summed E-state index contributed by atoms with van der Waals surface area (Å²) in [5.41, 5.74) is 0.416. The van der Waals surface area contributed by atoms with E-state index in [0.717, 1.165) is 0 Å². The third kappa shape index (κ3) is 3.24. The molecule has 1 aliphatic rings. The Balaban J connectivity index is 2.17. The zero-order valence-electron chi connectivity index (χ0n) is 13.3. The molecule has 1 amide bonds. The summed E-state index contributed by atoms with van der Waals surface area (Å²) in [7, 11) is -2.13. The SMILES string of the molecule is CCS(=O)(=O)Nc1cc2oc(C3CC3(F)F)c(C(=O)NC)c2cc1Br. The highest BCUT2D eigenvalue weighted by atomic mass is 79.9. The van der Waals surface area contributed by atoms with Crippen LogP contribution in [0.4, 0.5) is 14.5 Å². The van der Waals surface area contributed by atoms with Crippen LogP contribution in [0.2, 0.25) is 0 Å². The fourth-order valence-corrected chi connectivity index (χ4v) is 3.78. The Morgan fingerprint density at radius 1 is 1.44 bits per heavy atom. The molecule has 1 atom stereocenters. The zero-order chi connectivity index (χ0) is 18.6. The van der Waals surface area contributed by atoms with Crippen LogP contribution in [0.15, 0.2) is 21.0 Å². The molecule has 2 N–H and O–H groups in total. The second-order valence-corrected chi connectivity index (χ2v) is 8.64. The minimum absolute atomic E-state index is 0.0465. The van der Waals surface area contributed by atoms with E-state index in [1.54, 1.807) is 0 Å². The lowest BCUT2D eigenvalue weighted by molar-refractivity contribution is 0.0957. The van der Waals surface area contributed by atoms with Gasteiger partial charge in [-0.2, -0.15) is 0 Å².